The van der Waals surface area contributed by atoms with Gasteiger partial charge < -0.3 is 0 Å². The zero-order valence-corrected chi connectivity index (χ0v) is 3.40. The summed E-state index contributed by atoms with van der Waals surface area (Å²) in [4.78, 5) is 9.73. The fourth-order valence-electron chi connectivity index (χ4n) is 0.242. The summed E-state index contributed by atoms with van der Waals surface area (Å²) in [6.45, 7) is 0. The number of allylic oxidation sites excluding steroid dienone is 1. The molecule has 1 aliphatic rings. The quantitative estimate of drug-likeness (QED) is 0.424. The largest absolute Gasteiger partial charge is 0.296 e. The number of hydrogen-bond donors (Lipinski definition) is 0. The smallest absolute Gasteiger partial charge is 0.172 e. The van der Waals surface area contributed by atoms with Gasteiger partial charge in [0, 0.05) is 0 Å². The monoisotopic (exact) mass is 96.0 g/mol. The average molecular weight is 96.1 g/mol. The van der Waals surface area contributed by atoms with Crippen molar-refractivity contribution in [3.05, 3.63) is 11.9 Å². The normalized spacial score (nSPS) is 15.7. The molecule has 0 aliphatic carbocycles. The van der Waals surface area contributed by atoms with Gasteiger partial charge in [0.15, 0.2) is 6.29 Å². The molecule has 0 spiro atoms. The minimum Gasteiger partial charge on any atom is -0.296 e. The van der Waals surface area contributed by atoms with Gasteiger partial charge in [0.1, 0.15) is 5.70 Å². The van der Waals surface area contributed by atoms with Gasteiger partial charge in [0.25, 0.3) is 0 Å². The number of aldehydes is 1. The summed E-state index contributed by atoms with van der Waals surface area (Å²) in [6, 6.07) is 0. The van der Waals surface area contributed by atoms with Crippen molar-refractivity contribution in [1.82, 2.24) is 5.43 Å². The zero-order valence-electron chi connectivity index (χ0n) is 3.40. The van der Waals surface area contributed by atoms with Gasteiger partial charge in [-0.15, -0.1) is 10.5 Å². The van der Waals surface area contributed by atoms with Crippen LogP contribution in [-0.4, -0.2) is 6.29 Å². The molecule has 0 fully saturated rings. The molecular formula is C3H2N3O. The van der Waals surface area contributed by atoms with Crippen molar-refractivity contribution < 1.29 is 4.79 Å². The van der Waals surface area contributed by atoms with Crippen LogP contribution in [0.2, 0.25) is 0 Å². The minimum absolute atomic E-state index is 0.278. The molecule has 4 heteroatoms. The highest BCUT2D eigenvalue weighted by atomic mass is 16.1. The molecule has 0 aromatic rings. The van der Waals surface area contributed by atoms with Gasteiger partial charge >= 0.3 is 0 Å². The first-order chi connectivity index (χ1) is 3.43. The molecule has 0 saturated heterocycles. The highest BCUT2D eigenvalue weighted by Gasteiger charge is 1.95. The number of nitrogens with zero attached hydrogens (tertiary/aromatic N) is 3. The van der Waals surface area contributed by atoms with Crippen LogP contribution in [0.5, 0.6) is 0 Å². The van der Waals surface area contributed by atoms with E-state index in [1.54, 1.807) is 0 Å². The third-order valence-corrected chi connectivity index (χ3v) is 0.523. The maximum absolute atomic E-state index is 9.73. The van der Waals surface area contributed by atoms with Gasteiger partial charge in [-0.2, -0.15) is 0 Å². The van der Waals surface area contributed by atoms with E-state index >= 15 is 0 Å². The highest BCUT2D eigenvalue weighted by molar-refractivity contribution is 5.72. The number of hydrogen-bond acceptors (Lipinski definition) is 3. The standard InChI is InChI=1S/C3H2N3O/c7-2-3-1-4-6-5-3/h1-2H. The van der Waals surface area contributed by atoms with E-state index in [9.17, 15) is 4.79 Å². The molecule has 0 bridgehead atoms. The molecule has 0 atom stereocenters. The minimum atomic E-state index is 0.278. The Labute approximate surface area is 39.9 Å². The van der Waals surface area contributed by atoms with Gasteiger partial charge in [-0.1, -0.05) is 0 Å². The molecule has 0 unspecified atom stereocenters. The van der Waals surface area contributed by atoms with E-state index in [1.807, 2.05) is 0 Å². The summed E-state index contributed by atoms with van der Waals surface area (Å²) in [6.07, 6.45) is 1.90. The van der Waals surface area contributed by atoms with Crippen LogP contribution in [0.3, 0.4) is 0 Å². The Morgan fingerprint density at radius 3 is 2.86 bits per heavy atom. The van der Waals surface area contributed by atoms with Crippen LogP contribution in [0.4, 0.5) is 0 Å². The van der Waals surface area contributed by atoms with Gasteiger partial charge in [-0.25, -0.2) is 0 Å². The molecule has 0 aromatic carbocycles. The summed E-state index contributed by atoms with van der Waals surface area (Å²) >= 11 is 0. The summed E-state index contributed by atoms with van der Waals surface area (Å²) in [5, 5.41) is 6.47. The Hall–Kier alpha value is -1.19. The molecule has 4 nitrogen and oxygen atoms in total. The third-order valence-electron chi connectivity index (χ3n) is 0.523. The van der Waals surface area contributed by atoms with E-state index in [4.69, 9.17) is 0 Å². The van der Waals surface area contributed by atoms with Crippen LogP contribution >= 0.6 is 0 Å². The maximum Gasteiger partial charge on any atom is 0.172 e. The molecule has 1 rings (SSSR count). The first-order valence-electron chi connectivity index (χ1n) is 1.69. The molecule has 35 valence electrons. The van der Waals surface area contributed by atoms with E-state index < -0.39 is 0 Å². The SMILES string of the molecule is O=CC1=C[N]N=N1. The van der Waals surface area contributed by atoms with Crippen molar-refractivity contribution in [2.45, 2.75) is 0 Å². The molecule has 1 radical (unpaired) electrons. The van der Waals surface area contributed by atoms with Crippen molar-refractivity contribution >= 4 is 6.29 Å². The van der Waals surface area contributed by atoms with Gasteiger partial charge in [-0.05, 0) is 5.22 Å². The fourth-order valence-corrected chi connectivity index (χ4v) is 0.242. The van der Waals surface area contributed by atoms with Crippen LogP contribution in [0.15, 0.2) is 22.2 Å². The predicted molar refractivity (Wildman–Crippen MR) is 21.1 cm³/mol. The Morgan fingerprint density at radius 1 is 1.71 bits per heavy atom. The highest BCUT2D eigenvalue weighted by Crippen LogP contribution is 1.96. The van der Waals surface area contributed by atoms with Crippen LogP contribution in [0.25, 0.3) is 0 Å². The first kappa shape index (κ1) is 3.98. The molecule has 0 saturated carbocycles. The fraction of sp³-hybridized carbons (Fsp3) is 0. The lowest BCUT2D eigenvalue weighted by Crippen LogP contribution is -1.74. The number of carbonyl (C=O) groups is 1. The van der Waals surface area contributed by atoms with E-state index in [1.165, 1.54) is 6.20 Å². The first-order valence-corrected chi connectivity index (χ1v) is 1.69. The predicted octanol–water partition coefficient (Wildman–Crippen LogP) is 0.0119. The molecule has 0 aromatic heterocycles. The molecule has 1 heterocycles. The van der Waals surface area contributed by atoms with E-state index in [0.717, 1.165) is 0 Å². The second-order valence-corrected chi connectivity index (χ2v) is 0.977. The molecular weight excluding hydrogens is 94.1 g/mol. The number of rotatable bonds is 1. The Bertz CT molecular complexity index is 137. The van der Waals surface area contributed by atoms with Crippen LogP contribution in [0, 0.1) is 0 Å². The zero-order chi connectivity index (χ0) is 5.11. The topological polar surface area (TPSA) is 55.9 Å². The molecule has 1 aliphatic heterocycles. The lowest BCUT2D eigenvalue weighted by Gasteiger charge is -1.66. The third kappa shape index (κ3) is 0.623. The lowest BCUT2D eigenvalue weighted by molar-refractivity contribution is -0.104. The Morgan fingerprint density at radius 2 is 2.57 bits per heavy atom. The molecule has 0 amide bonds. The van der Waals surface area contributed by atoms with Crippen LogP contribution < -0.4 is 5.43 Å². The van der Waals surface area contributed by atoms with Gasteiger partial charge in [0.2, 0.25) is 0 Å². The van der Waals surface area contributed by atoms with Crippen molar-refractivity contribution in [2.24, 2.45) is 10.3 Å². The van der Waals surface area contributed by atoms with Crippen molar-refractivity contribution in [1.29, 1.82) is 0 Å². The summed E-state index contributed by atoms with van der Waals surface area (Å²) in [5.41, 5.74) is 3.58. The van der Waals surface area contributed by atoms with E-state index in [-0.39, 0.29) is 5.70 Å². The molecule has 7 heavy (non-hydrogen) atoms. The van der Waals surface area contributed by atoms with Crippen LogP contribution in [-0.2, 0) is 4.79 Å². The second-order valence-electron chi connectivity index (χ2n) is 0.977. The molecule has 0 N–H and O–H groups in total. The summed E-state index contributed by atoms with van der Waals surface area (Å²) in [5.74, 6) is 0. The summed E-state index contributed by atoms with van der Waals surface area (Å²) in [7, 11) is 0. The second kappa shape index (κ2) is 1.51. The summed E-state index contributed by atoms with van der Waals surface area (Å²) < 4.78 is 0. The van der Waals surface area contributed by atoms with E-state index in [2.05, 4.69) is 15.8 Å². The van der Waals surface area contributed by atoms with E-state index in [0.29, 0.717) is 6.29 Å². The Balaban J connectivity index is 2.69. The lowest BCUT2D eigenvalue weighted by atomic mass is 10.6. The van der Waals surface area contributed by atoms with Crippen LogP contribution in [0.1, 0.15) is 0 Å². The average Bonchev–Trinajstić information content (AvgIpc) is 2.14. The van der Waals surface area contributed by atoms with Crippen molar-refractivity contribution in [3.8, 4) is 0 Å². The Kier molecular flexibility index (Phi) is 0.856. The van der Waals surface area contributed by atoms with Crippen molar-refractivity contribution in [3.63, 3.8) is 0 Å². The van der Waals surface area contributed by atoms with Gasteiger partial charge in [0.05, 0.1) is 6.20 Å². The maximum atomic E-state index is 9.73. The van der Waals surface area contributed by atoms with Crippen molar-refractivity contribution in [2.75, 3.05) is 0 Å². The number of carbonyl (C=O) groups excluding carboxylic acids is 1. The van der Waals surface area contributed by atoms with Gasteiger partial charge in [-0.3, -0.25) is 4.79 Å².